The van der Waals surface area contributed by atoms with E-state index < -0.39 is 0 Å². The zero-order chi connectivity index (χ0) is 8.27. The van der Waals surface area contributed by atoms with E-state index in [9.17, 15) is 0 Å². The minimum absolute atomic E-state index is 0.964. The predicted molar refractivity (Wildman–Crippen MR) is 54.3 cm³/mol. The van der Waals surface area contributed by atoms with E-state index >= 15 is 0 Å². The second-order valence-corrected chi connectivity index (χ2v) is 3.87. The molecule has 0 saturated heterocycles. The van der Waals surface area contributed by atoms with Crippen molar-refractivity contribution in [2.24, 2.45) is 0 Å². The van der Waals surface area contributed by atoms with Crippen molar-refractivity contribution in [2.75, 3.05) is 14.1 Å². The van der Waals surface area contributed by atoms with Crippen LogP contribution in [0.5, 0.6) is 0 Å². The summed E-state index contributed by atoms with van der Waals surface area (Å²) >= 11 is 2.33. The molecule has 0 aliphatic rings. The van der Waals surface area contributed by atoms with E-state index in [1.54, 1.807) is 0 Å². The molecule has 0 saturated carbocycles. The molecule has 0 bridgehead atoms. The van der Waals surface area contributed by atoms with Crippen LogP contribution in [0.4, 0.5) is 0 Å². The second-order valence-electron chi connectivity index (χ2n) is 2.70. The lowest BCUT2D eigenvalue weighted by atomic mass is 10.3. The van der Waals surface area contributed by atoms with Crippen LogP contribution in [0.3, 0.4) is 0 Å². The highest BCUT2D eigenvalue weighted by molar-refractivity contribution is 14.1. The minimum Gasteiger partial charge on any atom is -0.305 e. The molecule has 0 fully saturated rings. The van der Waals surface area contributed by atoms with E-state index in [1.165, 1.54) is 9.13 Å². The standard InChI is InChI=1S/C8H11IN2/c1-11(2)6-7-5-10-4-3-8(7)9/h3-5H,6H2,1-2H3. The highest BCUT2D eigenvalue weighted by Gasteiger charge is 1.98. The van der Waals surface area contributed by atoms with Gasteiger partial charge in [0.1, 0.15) is 0 Å². The Hall–Kier alpha value is -0.160. The van der Waals surface area contributed by atoms with Crippen LogP contribution in [0.2, 0.25) is 0 Å². The third kappa shape index (κ3) is 2.75. The monoisotopic (exact) mass is 262 g/mol. The number of nitrogens with zero attached hydrogens (tertiary/aromatic N) is 2. The van der Waals surface area contributed by atoms with Crippen LogP contribution in [0.15, 0.2) is 18.5 Å². The molecule has 0 spiro atoms. The molecular formula is C8H11IN2. The summed E-state index contributed by atoms with van der Waals surface area (Å²) in [4.78, 5) is 6.21. The quantitative estimate of drug-likeness (QED) is 0.755. The van der Waals surface area contributed by atoms with E-state index in [-0.39, 0.29) is 0 Å². The molecule has 0 radical (unpaired) electrons. The first-order valence-electron chi connectivity index (χ1n) is 3.43. The summed E-state index contributed by atoms with van der Waals surface area (Å²) in [5, 5.41) is 0. The van der Waals surface area contributed by atoms with E-state index in [1.807, 2.05) is 18.5 Å². The summed E-state index contributed by atoms with van der Waals surface area (Å²) in [6.45, 7) is 0.964. The number of hydrogen-bond donors (Lipinski definition) is 0. The third-order valence-corrected chi connectivity index (χ3v) is 2.38. The Morgan fingerprint density at radius 2 is 2.27 bits per heavy atom. The number of hydrogen-bond acceptors (Lipinski definition) is 2. The van der Waals surface area contributed by atoms with Crippen molar-refractivity contribution in [1.29, 1.82) is 0 Å². The molecule has 0 aromatic carbocycles. The van der Waals surface area contributed by atoms with E-state index in [2.05, 4.69) is 46.6 Å². The fourth-order valence-corrected chi connectivity index (χ4v) is 1.34. The normalized spacial score (nSPS) is 10.5. The lowest BCUT2D eigenvalue weighted by molar-refractivity contribution is 0.401. The lowest BCUT2D eigenvalue weighted by Gasteiger charge is -2.09. The molecule has 0 aliphatic carbocycles. The van der Waals surface area contributed by atoms with Gasteiger partial charge in [-0.15, -0.1) is 0 Å². The van der Waals surface area contributed by atoms with Gasteiger partial charge in [0.15, 0.2) is 0 Å². The fraction of sp³-hybridized carbons (Fsp3) is 0.375. The van der Waals surface area contributed by atoms with Gasteiger partial charge in [0.2, 0.25) is 0 Å². The van der Waals surface area contributed by atoms with Crippen LogP contribution in [-0.4, -0.2) is 24.0 Å². The van der Waals surface area contributed by atoms with Crippen molar-refractivity contribution in [3.05, 3.63) is 27.6 Å². The van der Waals surface area contributed by atoms with E-state index in [4.69, 9.17) is 0 Å². The van der Waals surface area contributed by atoms with Gasteiger partial charge in [-0.2, -0.15) is 0 Å². The van der Waals surface area contributed by atoms with Crippen molar-refractivity contribution >= 4 is 22.6 Å². The Morgan fingerprint density at radius 3 is 2.82 bits per heavy atom. The van der Waals surface area contributed by atoms with Gasteiger partial charge in [-0.05, 0) is 48.3 Å². The summed E-state index contributed by atoms with van der Waals surface area (Å²) in [6, 6.07) is 2.03. The Labute approximate surface area is 80.8 Å². The van der Waals surface area contributed by atoms with Gasteiger partial charge in [-0.3, -0.25) is 4.98 Å². The molecular weight excluding hydrogens is 251 g/mol. The molecule has 2 nitrogen and oxygen atoms in total. The SMILES string of the molecule is CN(C)Cc1cnccc1I. The number of halogens is 1. The summed E-state index contributed by atoms with van der Waals surface area (Å²) in [5.74, 6) is 0. The summed E-state index contributed by atoms with van der Waals surface area (Å²) < 4.78 is 1.28. The Morgan fingerprint density at radius 1 is 1.55 bits per heavy atom. The van der Waals surface area contributed by atoms with Crippen LogP contribution in [0, 0.1) is 3.57 Å². The number of pyridine rings is 1. The van der Waals surface area contributed by atoms with Crippen LogP contribution in [-0.2, 0) is 6.54 Å². The van der Waals surface area contributed by atoms with Crippen molar-refractivity contribution in [1.82, 2.24) is 9.88 Å². The molecule has 0 N–H and O–H groups in total. The Kier molecular flexibility index (Phi) is 3.26. The first-order chi connectivity index (χ1) is 5.20. The zero-order valence-corrected chi connectivity index (χ0v) is 8.87. The summed E-state index contributed by atoms with van der Waals surface area (Å²) in [7, 11) is 4.12. The maximum absolute atomic E-state index is 4.07. The van der Waals surface area contributed by atoms with Crippen LogP contribution >= 0.6 is 22.6 Å². The van der Waals surface area contributed by atoms with Gasteiger partial charge in [0.05, 0.1) is 0 Å². The Balaban J connectivity index is 2.78. The number of aromatic nitrogens is 1. The third-order valence-electron chi connectivity index (χ3n) is 1.33. The maximum Gasteiger partial charge on any atom is 0.0323 e. The van der Waals surface area contributed by atoms with Gasteiger partial charge in [-0.1, -0.05) is 0 Å². The topological polar surface area (TPSA) is 16.1 Å². The predicted octanol–water partition coefficient (Wildman–Crippen LogP) is 1.75. The minimum atomic E-state index is 0.964. The first kappa shape index (κ1) is 8.93. The molecule has 3 heteroatoms. The molecule has 0 unspecified atom stereocenters. The summed E-state index contributed by atoms with van der Waals surface area (Å²) in [6.07, 6.45) is 3.74. The van der Waals surface area contributed by atoms with Crippen LogP contribution in [0.25, 0.3) is 0 Å². The van der Waals surface area contributed by atoms with Crippen molar-refractivity contribution in [3.8, 4) is 0 Å². The molecule has 1 heterocycles. The van der Waals surface area contributed by atoms with Gasteiger partial charge in [0.25, 0.3) is 0 Å². The first-order valence-corrected chi connectivity index (χ1v) is 4.51. The molecule has 1 rings (SSSR count). The highest BCUT2D eigenvalue weighted by atomic mass is 127. The molecule has 1 aromatic heterocycles. The Bertz CT molecular complexity index is 235. The molecule has 0 aliphatic heterocycles. The van der Waals surface area contributed by atoms with Gasteiger partial charge < -0.3 is 4.90 Å². The number of rotatable bonds is 2. The largest absolute Gasteiger partial charge is 0.305 e. The molecule has 60 valence electrons. The van der Waals surface area contributed by atoms with Crippen molar-refractivity contribution in [3.63, 3.8) is 0 Å². The second kappa shape index (κ2) is 4.01. The van der Waals surface area contributed by atoms with Gasteiger partial charge in [0, 0.05) is 22.5 Å². The highest BCUT2D eigenvalue weighted by Crippen LogP contribution is 2.10. The summed E-state index contributed by atoms with van der Waals surface area (Å²) in [5.41, 5.74) is 1.29. The maximum atomic E-state index is 4.07. The zero-order valence-electron chi connectivity index (χ0n) is 6.71. The van der Waals surface area contributed by atoms with Crippen molar-refractivity contribution in [2.45, 2.75) is 6.54 Å². The van der Waals surface area contributed by atoms with E-state index in [0.717, 1.165) is 6.54 Å². The van der Waals surface area contributed by atoms with Gasteiger partial charge >= 0.3 is 0 Å². The smallest absolute Gasteiger partial charge is 0.0323 e. The average molecular weight is 262 g/mol. The lowest BCUT2D eigenvalue weighted by Crippen LogP contribution is -2.11. The molecule has 0 atom stereocenters. The van der Waals surface area contributed by atoms with E-state index in [0.29, 0.717) is 0 Å². The molecule has 0 amide bonds. The molecule has 1 aromatic rings. The van der Waals surface area contributed by atoms with Gasteiger partial charge in [-0.25, -0.2) is 0 Å². The van der Waals surface area contributed by atoms with Crippen LogP contribution in [0.1, 0.15) is 5.56 Å². The molecule has 11 heavy (non-hydrogen) atoms. The van der Waals surface area contributed by atoms with Crippen LogP contribution < -0.4 is 0 Å². The average Bonchev–Trinajstić information content (AvgIpc) is 1.93. The van der Waals surface area contributed by atoms with Crippen molar-refractivity contribution < 1.29 is 0 Å². The fourth-order valence-electron chi connectivity index (χ4n) is 0.867.